The van der Waals surface area contributed by atoms with Crippen LogP contribution >= 0.6 is 0 Å². The summed E-state index contributed by atoms with van der Waals surface area (Å²) in [5.41, 5.74) is 11.4. The van der Waals surface area contributed by atoms with Gasteiger partial charge < -0.3 is 40.4 Å². The predicted molar refractivity (Wildman–Crippen MR) is 169 cm³/mol. The van der Waals surface area contributed by atoms with Gasteiger partial charge in [0.2, 0.25) is 0 Å². The number of quaternary nitrogens is 1. The molecule has 46 heavy (non-hydrogen) atoms. The SMILES string of the molecule is CC1CC(=O)C2C(CC3OC(C)(C)[C@H](OC(=O)[C@@]4(C)O[C@@H]4CC4(C5CC(N)[NH2+]C(C6CCNC(N)C6)C5)CCCC4)CC3C2O)O1. The van der Waals surface area contributed by atoms with E-state index >= 15 is 0 Å². The maximum absolute atomic E-state index is 13.9. The Bertz CT molecular complexity index is 1160. The number of ether oxygens (including phenoxy) is 4. The highest BCUT2D eigenvalue weighted by Crippen LogP contribution is 2.57. The van der Waals surface area contributed by atoms with Crippen LogP contribution in [-0.2, 0) is 28.5 Å². The van der Waals surface area contributed by atoms with Gasteiger partial charge in [-0.05, 0) is 84.1 Å². The average Bonchev–Trinajstić information content (AvgIpc) is 3.39. The number of piperidine rings is 2. The van der Waals surface area contributed by atoms with Crippen molar-refractivity contribution in [1.29, 1.82) is 0 Å². The van der Waals surface area contributed by atoms with E-state index in [9.17, 15) is 14.7 Å². The zero-order valence-electron chi connectivity index (χ0n) is 28.3. The van der Waals surface area contributed by atoms with Crippen LogP contribution in [-0.4, -0.2) is 89.6 Å². The standard InChI is InChI=1S/C35H58N4O7/c1-18-11-23(40)30-25(43-18)16-24-21(31(30)41)15-26(33(2,3)45-24)44-32(42)34(4)27(46-34)17-35(8-5-6-9-35)20-13-22(39-29(37)14-20)19-7-10-38-28(36)12-19/h18-22,24-31,38-39,41H,5-17,36-37H2,1-4H3/p+1/t18?,19?,20?,21?,22?,24?,25?,26-,27-,28?,29?,30?,31?,34+/m1/s1. The summed E-state index contributed by atoms with van der Waals surface area (Å²) < 4.78 is 25.1. The fraction of sp³-hybridized carbons (Fsp3) is 0.943. The van der Waals surface area contributed by atoms with Gasteiger partial charge in [-0.2, -0.15) is 0 Å². The molecule has 0 radical (unpaired) electrons. The van der Waals surface area contributed by atoms with Crippen LogP contribution in [0, 0.1) is 29.1 Å². The third kappa shape index (κ3) is 6.10. The lowest BCUT2D eigenvalue weighted by Gasteiger charge is -2.53. The Morgan fingerprint density at radius 1 is 1.07 bits per heavy atom. The zero-order chi connectivity index (χ0) is 32.6. The number of carbonyl (C=O) groups excluding carboxylic acids is 2. The Kier molecular flexibility index (Phi) is 8.91. The molecule has 0 aromatic carbocycles. The Labute approximate surface area is 273 Å². The number of fused-ring (bicyclic) bond motifs is 2. The molecule has 5 aliphatic heterocycles. The average molecular weight is 648 g/mol. The van der Waals surface area contributed by atoms with Crippen LogP contribution in [0.3, 0.4) is 0 Å². The Morgan fingerprint density at radius 3 is 2.57 bits per heavy atom. The van der Waals surface area contributed by atoms with Crippen LogP contribution in [0.5, 0.6) is 0 Å². The summed E-state index contributed by atoms with van der Waals surface area (Å²) >= 11 is 0. The van der Waals surface area contributed by atoms with Crippen LogP contribution in [0.2, 0.25) is 0 Å². The molecule has 11 unspecified atom stereocenters. The highest BCUT2D eigenvalue weighted by atomic mass is 16.7. The van der Waals surface area contributed by atoms with E-state index in [4.69, 9.17) is 30.4 Å². The van der Waals surface area contributed by atoms with Crippen molar-refractivity contribution in [2.24, 2.45) is 40.6 Å². The molecule has 8 N–H and O–H groups in total. The fourth-order valence-electron chi connectivity index (χ4n) is 10.8. The smallest absolute Gasteiger partial charge is 0.341 e. The van der Waals surface area contributed by atoms with Crippen molar-refractivity contribution in [3.05, 3.63) is 0 Å². The number of nitrogens with two attached hydrogens (primary N) is 3. The maximum atomic E-state index is 13.9. The number of rotatable bonds is 6. The summed E-state index contributed by atoms with van der Waals surface area (Å²) in [7, 11) is 0. The van der Waals surface area contributed by atoms with Crippen molar-refractivity contribution in [2.45, 2.75) is 171 Å². The van der Waals surface area contributed by atoms with E-state index in [0.29, 0.717) is 37.1 Å². The number of epoxide rings is 1. The van der Waals surface area contributed by atoms with Gasteiger partial charge in [0.1, 0.15) is 18.1 Å². The van der Waals surface area contributed by atoms with Crippen LogP contribution < -0.4 is 22.1 Å². The molecule has 0 bridgehead atoms. The summed E-state index contributed by atoms with van der Waals surface area (Å²) in [6.45, 7) is 8.65. The van der Waals surface area contributed by atoms with E-state index in [1.165, 1.54) is 12.8 Å². The first-order chi connectivity index (χ1) is 21.8. The normalized spacial score (nSPS) is 49.9. The molecule has 11 nitrogen and oxygen atoms in total. The molecule has 5 heterocycles. The number of nitrogens with one attached hydrogen (secondary N) is 1. The molecule has 5 saturated heterocycles. The number of ketones is 1. The first-order valence-electron chi connectivity index (χ1n) is 18.3. The largest absolute Gasteiger partial charge is 0.457 e. The first kappa shape index (κ1) is 33.3. The third-order valence-electron chi connectivity index (χ3n) is 13.5. The number of aliphatic hydroxyl groups excluding tert-OH is 1. The van der Waals surface area contributed by atoms with Crippen LogP contribution in [0.1, 0.15) is 105 Å². The summed E-state index contributed by atoms with van der Waals surface area (Å²) in [6.07, 6.45) is 8.94. The molecule has 0 aromatic heterocycles. The van der Waals surface area contributed by atoms with E-state index in [0.717, 1.165) is 51.5 Å². The number of aliphatic hydroxyl groups is 1. The third-order valence-corrected chi connectivity index (χ3v) is 13.5. The molecule has 7 fully saturated rings. The van der Waals surface area contributed by atoms with Gasteiger partial charge in [0.05, 0.1) is 54.2 Å². The molecule has 0 amide bonds. The highest BCUT2D eigenvalue weighted by molar-refractivity contribution is 5.84. The van der Waals surface area contributed by atoms with Gasteiger partial charge in [0.25, 0.3) is 0 Å². The predicted octanol–water partition coefficient (Wildman–Crippen LogP) is 1.23. The van der Waals surface area contributed by atoms with Gasteiger partial charge >= 0.3 is 5.97 Å². The minimum absolute atomic E-state index is 0.0538. The summed E-state index contributed by atoms with van der Waals surface area (Å²) in [6, 6.07) is 0.484. The van der Waals surface area contributed by atoms with E-state index in [1.54, 1.807) is 0 Å². The molecule has 14 atom stereocenters. The molecule has 2 aliphatic carbocycles. The minimum atomic E-state index is -0.994. The van der Waals surface area contributed by atoms with Crippen LogP contribution in [0.4, 0.5) is 0 Å². The number of esters is 1. The minimum Gasteiger partial charge on any atom is -0.457 e. The summed E-state index contributed by atoms with van der Waals surface area (Å²) in [4.78, 5) is 26.8. The van der Waals surface area contributed by atoms with Crippen molar-refractivity contribution in [2.75, 3.05) is 6.54 Å². The Balaban J connectivity index is 1.01. The number of carbonyl (C=O) groups is 2. The Hall–Kier alpha value is -1.18. The molecule has 7 aliphatic rings. The molecule has 2 saturated carbocycles. The van der Waals surface area contributed by atoms with E-state index in [2.05, 4.69) is 10.6 Å². The van der Waals surface area contributed by atoms with Crippen molar-refractivity contribution >= 4 is 11.8 Å². The van der Waals surface area contributed by atoms with Crippen LogP contribution in [0.15, 0.2) is 0 Å². The summed E-state index contributed by atoms with van der Waals surface area (Å²) in [5.74, 6) is -0.0697. The van der Waals surface area contributed by atoms with Crippen molar-refractivity contribution in [3.8, 4) is 0 Å². The topological polar surface area (TPSA) is 175 Å². The molecule has 260 valence electrons. The van der Waals surface area contributed by atoms with E-state index in [-0.39, 0.29) is 59.8 Å². The van der Waals surface area contributed by atoms with Gasteiger partial charge in [0.15, 0.2) is 5.60 Å². The first-order valence-corrected chi connectivity index (χ1v) is 18.3. The maximum Gasteiger partial charge on any atom is 0.341 e. The molecule has 11 heteroatoms. The second-order valence-electron chi connectivity index (χ2n) is 17.0. The Morgan fingerprint density at radius 2 is 1.83 bits per heavy atom. The molecular formula is C35H59N4O7+. The number of hydrogen-bond donors (Lipinski definition) is 5. The van der Waals surface area contributed by atoms with Gasteiger partial charge in [-0.1, -0.05) is 12.8 Å². The number of Topliss-reactive ketones (excluding diaryl/α,β-unsaturated/α-hetero) is 1. The van der Waals surface area contributed by atoms with Crippen molar-refractivity contribution in [1.82, 2.24) is 5.32 Å². The lowest BCUT2D eigenvalue weighted by molar-refractivity contribution is -0.739. The lowest BCUT2D eigenvalue weighted by Crippen LogP contribution is -3.00. The molecule has 7 rings (SSSR count). The second kappa shape index (κ2) is 12.3. The van der Waals surface area contributed by atoms with Crippen molar-refractivity contribution < 1.29 is 39.0 Å². The van der Waals surface area contributed by atoms with Gasteiger partial charge in [-0.3, -0.25) is 10.5 Å². The molecule has 0 aromatic rings. The quantitative estimate of drug-likeness (QED) is 0.208. The zero-order valence-corrected chi connectivity index (χ0v) is 28.3. The monoisotopic (exact) mass is 647 g/mol. The van der Waals surface area contributed by atoms with E-state index < -0.39 is 29.3 Å². The van der Waals surface area contributed by atoms with Gasteiger partial charge in [-0.15, -0.1) is 0 Å². The molecular weight excluding hydrogens is 588 g/mol. The fourth-order valence-corrected chi connectivity index (χ4v) is 10.8. The van der Waals surface area contributed by atoms with Gasteiger partial charge in [-0.25, -0.2) is 4.79 Å². The second-order valence-corrected chi connectivity index (χ2v) is 17.0. The van der Waals surface area contributed by atoms with Gasteiger partial charge in [0, 0.05) is 37.5 Å². The van der Waals surface area contributed by atoms with Crippen LogP contribution in [0.25, 0.3) is 0 Å². The summed E-state index contributed by atoms with van der Waals surface area (Å²) in [5, 5.41) is 17.2. The highest BCUT2D eigenvalue weighted by Gasteiger charge is 2.65. The number of hydrogen-bond acceptors (Lipinski definition) is 10. The lowest BCUT2D eigenvalue weighted by atomic mass is 9.63. The van der Waals surface area contributed by atoms with Crippen molar-refractivity contribution in [3.63, 3.8) is 0 Å². The molecule has 0 spiro atoms. The van der Waals surface area contributed by atoms with E-state index in [1.807, 2.05) is 27.7 Å².